The van der Waals surface area contributed by atoms with Crippen molar-refractivity contribution in [2.24, 2.45) is 10.9 Å². The van der Waals surface area contributed by atoms with Crippen molar-refractivity contribution in [3.8, 4) is 0 Å². The van der Waals surface area contributed by atoms with Crippen molar-refractivity contribution in [1.29, 1.82) is 0 Å². The lowest BCUT2D eigenvalue weighted by Crippen LogP contribution is -2.17. The minimum atomic E-state index is 0.361. The normalized spacial score (nSPS) is 18.5. The van der Waals surface area contributed by atoms with Crippen molar-refractivity contribution in [2.75, 3.05) is 5.75 Å². The SMILES string of the molecule is CC(C)[C@@H](CS[C]1[CH][CH][CH][CH]1)N=Cc1ccccc1. The standard InChI is InChI=1S/C17H20NS/c1-14(2)17(13-19-16-10-6-7-11-16)18-12-15-8-4-3-5-9-15/h3-12,14,17H,13H2,1-2H3/t17-/m1/s1. The van der Waals surface area contributed by atoms with E-state index in [4.69, 9.17) is 4.99 Å². The number of aliphatic imine (C=N–C) groups is 1. The van der Waals surface area contributed by atoms with Crippen LogP contribution in [0, 0.1) is 36.9 Å². The number of nitrogens with zero attached hydrogens (tertiary/aromatic N) is 1. The third kappa shape index (κ3) is 5.02. The molecule has 2 heteroatoms. The van der Waals surface area contributed by atoms with E-state index < -0.39 is 0 Å². The number of hydrogen-bond acceptors (Lipinski definition) is 2. The zero-order valence-electron chi connectivity index (χ0n) is 11.5. The quantitative estimate of drug-likeness (QED) is 0.705. The highest BCUT2D eigenvalue weighted by Crippen LogP contribution is 2.34. The Bertz CT molecular complexity index is 380. The molecule has 2 rings (SSSR count). The van der Waals surface area contributed by atoms with Crippen molar-refractivity contribution in [2.45, 2.75) is 19.9 Å². The van der Waals surface area contributed by atoms with Gasteiger partial charge in [-0.25, -0.2) is 0 Å². The van der Waals surface area contributed by atoms with Gasteiger partial charge in [0.25, 0.3) is 0 Å². The van der Waals surface area contributed by atoms with Gasteiger partial charge in [0.2, 0.25) is 0 Å². The minimum absolute atomic E-state index is 0.361. The Morgan fingerprint density at radius 2 is 1.79 bits per heavy atom. The van der Waals surface area contributed by atoms with Crippen LogP contribution in [0.25, 0.3) is 0 Å². The topological polar surface area (TPSA) is 12.4 Å². The first-order valence-corrected chi connectivity index (χ1v) is 7.67. The lowest BCUT2D eigenvalue weighted by atomic mass is 10.1. The summed E-state index contributed by atoms with van der Waals surface area (Å²) >= 11 is 1.88. The highest BCUT2D eigenvalue weighted by Gasteiger charge is 2.20. The molecular weight excluding hydrogens is 250 g/mol. The predicted molar refractivity (Wildman–Crippen MR) is 85.6 cm³/mol. The summed E-state index contributed by atoms with van der Waals surface area (Å²) in [7, 11) is 0. The summed E-state index contributed by atoms with van der Waals surface area (Å²) in [5.41, 5.74) is 1.17. The van der Waals surface area contributed by atoms with Crippen molar-refractivity contribution >= 4 is 18.0 Å². The van der Waals surface area contributed by atoms with E-state index in [0.717, 1.165) is 5.75 Å². The van der Waals surface area contributed by atoms with Crippen molar-refractivity contribution in [3.05, 3.63) is 66.8 Å². The van der Waals surface area contributed by atoms with Gasteiger partial charge in [-0.1, -0.05) is 44.2 Å². The summed E-state index contributed by atoms with van der Waals surface area (Å²) in [5, 5.41) is 1.33. The predicted octanol–water partition coefficient (Wildman–Crippen LogP) is 4.23. The third-order valence-corrected chi connectivity index (χ3v) is 4.15. The van der Waals surface area contributed by atoms with E-state index in [1.54, 1.807) is 0 Å². The van der Waals surface area contributed by atoms with Crippen LogP contribution in [0.1, 0.15) is 19.4 Å². The monoisotopic (exact) mass is 270 g/mol. The molecule has 0 spiro atoms. The first-order valence-electron chi connectivity index (χ1n) is 6.68. The molecule has 1 aromatic rings. The van der Waals surface area contributed by atoms with Crippen LogP contribution < -0.4 is 0 Å². The van der Waals surface area contributed by atoms with Crippen LogP contribution in [0.4, 0.5) is 0 Å². The van der Waals surface area contributed by atoms with Gasteiger partial charge in [0, 0.05) is 17.2 Å². The molecule has 0 amide bonds. The van der Waals surface area contributed by atoms with Gasteiger partial charge in [0.15, 0.2) is 0 Å². The zero-order chi connectivity index (χ0) is 13.5. The summed E-state index contributed by atoms with van der Waals surface area (Å²) < 4.78 is 0. The van der Waals surface area contributed by atoms with E-state index in [-0.39, 0.29) is 0 Å². The molecule has 1 atom stereocenters. The Morgan fingerprint density at radius 1 is 1.11 bits per heavy atom. The number of hydrogen-bond donors (Lipinski definition) is 0. The smallest absolute Gasteiger partial charge is 0.0613 e. The maximum Gasteiger partial charge on any atom is 0.0613 e. The van der Waals surface area contributed by atoms with Crippen LogP contribution in [0.15, 0.2) is 35.3 Å². The van der Waals surface area contributed by atoms with E-state index in [2.05, 4.69) is 51.7 Å². The van der Waals surface area contributed by atoms with Gasteiger partial charge in [-0.05, 0) is 37.2 Å². The molecule has 0 N–H and O–H groups in total. The van der Waals surface area contributed by atoms with Gasteiger partial charge >= 0.3 is 0 Å². The molecule has 0 heterocycles. The van der Waals surface area contributed by atoms with E-state index in [1.807, 2.05) is 36.2 Å². The van der Waals surface area contributed by atoms with Crippen molar-refractivity contribution in [1.82, 2.24) is 0 Å². The lowest BCUT2D eigenvalue weighted by molar-refractivity contribution is 0.540. The summed E-state index contributed by atoms with van der Waals surface area (Å²) in [6, 6.07) is 10.7. The second-order valence-electron chi connectivity index (χ2n) is 4.93. The molecule has 1 nitrogen and oxygen atoms in total. The van der Waals surface area contributed by atoms with Gasteiger partial charge in [-0.15, -0.1) is 0 Å². The fraction of sp³-hybridized carbons (Fsp3) is 0.294. The van der Waals surface area contributed by atoms with Crippen molar-refractivity contribution in [3.63, 3.8) is 0 Å². The van der Waals surface area contributed by atoms with Crippen LogP contribution in [0.3, 0.4) is 0 Å². The molecule has 1 aromatic carbocycles. The molecule has 19 heavy (non-hydrogen) atoms. The maximum absolute atomic E-state index is 4.75. The van der Waals surface area contributed by atoms with Crippen LogP contribution in [0.2, 0.25) is 0 Å². The number of rotatable bonds is 6. The lowest BCUT2D eigenvalue weighted by Gasteiger charge is -2.17. The van der Waals surface area contributed by atoms with E-state index >= 15 is 0 Å². The minimum Gasteiger partial charge on any atom is -0.288 e. The average Bonchev–Trinajstić information content (AvgIpc) is 2.92. The summed E-state index contributed by atoms with van der Waals surface area (Å²) in [5.74, 6) is 1.59. The van der Waals surface area contributed by atoms with Crippen LogP contribution in [-0.4, -0.2) is 18.0 Å². The number of thioether (sulfide) groups is 1. The first kappa shape index (κ1) is 14.6. The van der Waals surface area contributed by atoms with Crippen LogP contribution >= 0.6 is 11.8 Å². The first-order chi connectivity index (χ1) is 9.25. The summed E-state index contributed by atoms with van der Waals surface area (Å²) in [4.78, 5) is 4.75. The van der Waals surface area contributed by atoms with Gasteiger partial charge in [0.05, 0.1) is 6.04 Å². The fourth-order valence-corrected chi connectivity index (χ4v) is 2.95. The molecule has 1 saturated carbocycles. The molecule has 0 aromatic heterocycles. The maximum atomic E-state index is 4.75. The molecule has 1 aliphatic carbocycles. The fourth-order valence-electron chi connectivity index (χ4n) is 1.76. The van der Waals surface area contributed by atoms with Crippen molar-refractivity contribution < 1.29 is 0 Å². The molecule has 1 aliphatic rings. The molecule has 5 radical (unpaired) electrons. The van der Waals surface area contributed by atoms with Crippen LogP contribution in [-0.2, 0) is 0 Å². The third-order valence-electron chi connectivity index (χ3n) is 3.04. The molecule has 0 aliphatic heterocycles. The van der Waals surface area contributed by atoms with Gasteiger partial charge in [-0.2, -0.15) is 11.8 Å². The molecule has 1 fully saturated rings. The van der Waals surface area contributed by atoms with E-state index in [1.165, 1.54) is 10.8 Å². The molecular formula is C17H20NS. The molecule has 0 saturated heterocycles. The van der Waals surface area contributed by atoms with E-state index in [9.17, 15) is 0 Å². The Labute approximate surface area is 121 Å². The second-order valence-corrected chi connectivity index (χ2v) is 6.03. The second kappa shape index (κ2) is 7.74. The Morgan fingerprint density at radius 3 is 2.42 bits per heavy atom. The molecule has 0 unspecified atom stereocenters. The highest BCUT2D eigenvalue weighted by molar-refractivity contribution is 8.02. The largest absolute Gasteiger partial charge is 0.288 e. The molecule has 0 bridgehead atoms. The number of benzene rings is 1. The summed E-state index contributed by atoms with van der Waals surface area (Å²) in [6.07, 6.45) is 10.5. The Hall–Kier alpha value is -0.760. The van der Waals surface area contributed by atoms with Gasteiger partial charge in [-0.3, -0.25) is 4.99 Å². The van der Waals surface area contributed by atoms with Crippen LogP contribution in [0.5, 0.6) is 0 Å². The zero-order valence-corrected chi connectivity index (χ0v) is 12.3. The van der Waals surface area contributed by atoms with Gasteiger partial charge in [0.1, 0.15) is 0 Å². The Kier molecular flexibility index (Phi) is 5.96. The Balaban J connectivity index is 1.86. The molecule has 99 valence electrons. The highest BCUT2D eigenvalue weighted by atomic mass is 32.2. The summed E-state index contributed by atoms with van der Waals surface area (Å²) in [6.45, 7) is 4.47. The van der Waals surface area contributed by atoms with E-state index in [0.29, 0.717) is 12.0 Å². The van der Waals surface area contributed by atoms with Gasteiger partial charge < -0.3 is 0 Å². The average molecular weight is 270 g/mol.